The summed E-state index contributed by atoms with van der Waals surface area (Å²) in [7, 11) is 0. The van der Waals surface area contributed by atoms with Crippen molar-refractivity contribution in [2.45, 2.75) is 46.0 Å². The van der Waals surface area contributed by atoms with E-state index in [1.807, 2.05) is 0 Å². The number of hydrogen-bond acceptors (Lipinski definition) is 0. The van der Waals surface area contributed by atoms with Gasteiger partial charge in [-0.25, -0.2) is 0 Å². The molecule has 0 heterocycles. The average molecular weight is 164 g/mol. The minimum atomic E-state index is 0.926. The van der Waals surface area contributed by atoms with Gasteiger partial charge in [0.15, 0.2) is 0 Å². The van der Waals surface area contributed by atoms with E-state index < -0.39 is 0 Å². The molecular weight excluding hydrogens is 144 g/mol. The van der Waals surface area contributed by atoms with E-state index in [0.29, 0.717) is 0 Å². The van der Waals surface area contributed by atoms with E-state index in [9.17, 15) is 0 Å². The Morgan fingerprint density at radius 1 is 1.17 bits per heavy atom. The molecule has 1 spiro atoms. The molecule has 3 aliphatic carbocycles. The Balaban J connectivity index is 1.88. The van der Waals surface area contributed by atoms with Crippen molar-refractivity contribution in [1.29, 1.82) is 0 Å². The largest absolute Gasteiger partial charge is 0.0625 e. The maximum Gasteiger partial charge on any atom is -0.0238 e. The lowest BCUT2D eigenvalue weighted by atomic mass is 9.80. The molecule has 0 heteroatoms. The second kappa shape index (κ2) is 2.08. The molecule has 0 unspecified atom stereocenters. The highest BCUT2D eigenvalue weighted by Gasteiger charge is 2.64. The zero-order valence-electron chi connectivity index (χ0n) is 8.34. The lowest BCUT2D eigenvalue weighted by molar-refractivity contribution is 0.239. The van der Waals surface area contributed by atoms with Crippen molar-refractivity contribution in [1.82, 2.24) is 0 Å². The van der Waals surface area contributed by atoms with E-state index in [1.165, 1.54) is 0 Å². The molecule has 3 rings (SSSR count). The van der Waals surface area contributed by atoms with Crippen LogP contribution in [0, 0.1) is 29.1 Å². The fourth-order valence-electron chi connectivity index (χ4n) is 4.40. The third-order valence-corrected chi connectivity index (χ3v) is 5.13. The highest BCUT2D eigenvalue weighted by Crippen LogP contribution is 2.73. The third-order valence-electron chi connectivity index (χ3n) is 5.13. The van der Waals surface area contributed by atoms with Crippen molar-refractivity contribution >= 4 is 0 Å². The van der Waals surface area contributed by atoms with Crippen molar-refractivity contribution in [2.75, 3.05) is 0 Å². The molecule has 0 saturated heterocycles. The predicted octanol–water partition coefficient (Wildman–Crippen LogP) is 3.47. The summed E-state index contributed by atoms with van der Waals surface area (Å²) < 4.78 is 0. The predicted molar refractivity (Wildman–Crippen MR) is 50.8 cm³/mol. The molecule has 0 aromatic heterocycles. The van der Waals surface area contributed by atoms with Gasteiger partial charge in [-0.15, -0.1) is 0 Å². The topological polar surface area (TPSA) is 0 Å². The lowest BCUT2D eigenvalue weighted by Gasteiger charge is -2.25. The van der Waals surface area contributed by atoms with Crippen LogP contribution in [0.4, 0.5) is 0 Å². The molecule has 0 amide bonds. The number of hydrogen-bond donors (Lipinski definition) is 0. The zero-order valence-corrected chi connectivity index (χ0v) is 8.34. The van der Waals surface area contributed by atoms with Gasteiger partial charge in [-0.1, -0.05) is 13.8 Å². The van der Waals surface area contributed by atoms with Crippen LogP contribution >= 0.6 is 0 Å². The summed E-state index contributed by atoms with van der Waals surface area (Å²) in [6.45, 7) is 4.86. The SMILES string of the molecule is CC(C)[C@H]1C[C@@H]2CC[C@H]1C21CC1. The highest BCUT2D eigenvalue weighted by molar-refractivity contribution is 5.14. The maximum atomic E-state index is 2.43. The highest BCUT2D eigenvalue weighted by atomic mass is 14.7. The van der Waals surface area contributed by atoms with E-state index in [2.05, 4.69) is 13.8 Å². The first-order chi connectivity index (χ1) is 5.74. The fourth-order valence-corrected chi connectivity index (χ4v) is 4.40. The molecule has 0 aromatic carbocycles. The average Bonchev–Trinajstić information content (AvgIpc) is 2.69. The monoisotopic (exact) mass is 164 g/mol. The van der Waals surface area contributed by atoms with E-state index in [-0.39, 0.29) is 0 Å². The van der Waals surface area contributed by atoms with Gasteiger partial charge in [0.1, 0.15) is 0 Å². The second-order valence-corrected chi connectivity index (χ2v) is 5.76. The van der Waals surface area contributed by atoms with E-state index >= 15 is 0 Å². The van der Waals surface area contributed by atoms with Gasteiger partial charge in [0.25, 0.3) is 0 Å². The molecule has 0 N–H and O–H groups in total. The molecule has 0 radical (unpaired) electrons. The van der Waals surface area contributed by atoms with Gasteiger partial charge in [0, 0.05) is 0 Å². The van der Waals surface area contributed by atoms with Gasteiger partial charge in [-0.2, -0.15) is 0 Å². The van der Waals surface area contributed by atoms with E-state index in [4.69, 9.17) is 0 Å². The quantitative estimate of drug-likeness (QED) is 0.556. The van der Waals surface area contributed by atoms with Crippen molar-refractivity contribution in [3.8, 4) is 0 Å². The summed E-state index contributed by atoms with van der Waals surface area (Å²) in [5, 5.41) is 0. The van der Waals surface area contributed by atoms with E-state index in [1.54, 1.807) is 32.1 Å². The van der Waals surface area contributed by atoms with Gasteiger partial charge >= 0.3 is 0 Å². The summed E-state index contributed by atoms with van der Waals surface area (Å²) in [6.07, 6.45) is 7.92. The van der Waals surface area contributed by atoms with Crippen LogP contribution in [0.5, 0.6) is 0 Å². The Labute approximate surface area is 75.7 Å². The van der Waals surface area contributed by atoms with Crippen LogP contribution in [-0.2, 0) is 0 Å². The molecule has 0 aliphatic heterocycles. The first-order valence-corrected chi connectivity index (χ1v) is 5.74. The van der Waals surface area contributed by atoms with Crippen molar-refractivity contribution < 1.29 is 0 Å². The summed E-state index contributed by atoms with van der Waals surface area (Å²) >= 11 is 0. The first-order valence-electron chi connectivity index (χ1n) is 5.74. The summed E-state index contributed by atoms with van der Waals surface area (Å²) in [5.41, 5.74) is 0.926. The molecule has 3 fully saturated rings. The van der Waals surface area contributed by atoms with Crippen LogP contribution in [0.25, 0.3) is 0 Å². The molecule has 3 saturated carbocycles. The molecule has 12 heavy (non-hydrogen) atoms. The molecule has 0 nitrogen and oxygen atoms in total. The van der Waals surface area contributed by atoms with Crippen LogP contribution in [0.15, 0.2) is 0 Å². The van der Waals surface area contributed by atoms with Crippen LogP contribution in [0.2, 0.25) is 0 Å². The van der Waals surface area contributed by atoms with E-state index in [0.717, 1.165) is 29.1 Å². The maximum absolute atomic E-state index is 2.43. The van der Waals surface area contributed by atoms with Crippen molar-refractivity contribution in [3.05, 3.63) is 0 Å². The van der Waals surface area contributed by atoms with Crippen LogP contribution in [0.3, 0.4) is 0 Å². The standard InChI is InChI=1S/C12H20/c1-8(2)10-7-9-3-4-11(10)12(9)5-6-12/h8-11H,3-7H2,1-2H3/t9-,10+,11+/m0/s1. The molecule has 3 aliphatic rings. The van der Waals surface area contributed by atoms with Crippen LogP contribution in [0.1, 0.15) is 46.0 Å². The molecule has 0 aromatic rings. The minimum absolute atomic E-state index is 0.926. The Bertz CT molecular complexity index is 200. The summed E-state index contributed by atoms with van der Waals surface area (Å²) in [5.74, 6) is 4.38. The smallest absolute Gasteiger partial charge is 0.0238 e. The van der Waals surface area contributed by atoms with Gasteiger partial charge in [0.2, 0.25) is 0 Å². The Morgan fingerprint density at radius 3 is 2.33 bits per heavy atom. The molecular formula is C12H20. The number of rotatable bonds is 1. The van der Waals surface area contributed by atoms with Gasteiger partial charge in [-0.05, 0) is 61.2 Å². The molecule has 3 atom stereocenters. The first kappa shape index (κ1) is 7.41. The third kappa shape index (κ3) is 0.701. The Kier molecular flexibility index (Phi) is 1.28. The zero-order chi connectivity index (χ0) is 8.34. The minimum Gasteiger partial charge on any atom is -0.0625 e. The summed E-state index contributed by atoms with van der Waals surface area (Å²) in [4.78, 5) is 0. The summed E-state index contributed by atoms with van der Waals surface area (Å²) in [6, 6.07) is 0. The van der Waals surface area contributed by atoms with Gasteiger partial charge < -0.3 is 0 Å². The second-order valence-electron chi connectivity index (χ2n) is 5.76. The normalized spacial score (nSPS) is 47.8. The van der Waals surface area contributed by atoms with Crippen LogP contribution in [-0.4, -0.2) is 0 Å². The molecule has 68 valence electrons. The van der Waals surface area contributed by atoms with Gasteiger partial charge in [-0.3, -0.25) is 0 Å². The lowest BCUT2D eigenvalue weighted by Crippen LogP contribution is -2.18. The van der Waals surface area contributed by atoms with Gasteiger partial charge in [0.05, 0.1) is 0 Å². The van der Waals surface area contributed by atoms with Crippen LogP contribution < -0.4 is 0 Å². The Hall–Kier alpha value is 0. The van der Waals surface area contributed by atoms with Crippen molar-refractivity contribution in [3.63, 3.8) is 0 Å². The Morgan fingerprint density at radius 2 is 1.92 bits per heavy atom. The fraction of sp³-hybridized carbons (Fsp3) is 1.00. The molecule has 2 bridgehead atoms. The van der Waals surface area contributed by atoms with Crippen molar-refractivity contribution in [2.24, 2.45) is 29.1 Å².